The van der Waals surface area contributed by atoms with Crippen LogP contribution < -0.4 is 0 Å². The van der Waals surface area contributed by atoms with Crippen LogP contribution in [0.4, 0.5) is 5.95 Å². The smallest absolute Gasteiger partial charge is 0.390 e. The molecule has 1 aromatic rings. The number of rotatable bonds is 1. The molecule has 0 saturated carbocycles. The zero-order valence-electron chi connectivity index (χ0n) is 4.86. The van der Waals surface area contributed by atoms with Crippen molar-refractivity contribution in [1.29, 1.82) is 0 Å². The van der Waals surface area contributed by atoms with Gasteiger partial charge in [0.2, 0.25) is 0 Å². The highest BCUT2D eigenvalue weighted by Gasteiger charge is 2.14. The molecule has 0 amide bonds. The lowest BCUT2D eigenvalue weighted by Crippen LogP contribution is -1.98. The van der Waals surface area contributed by atoms with E-state index in [1.807, 2.05) is 0 Å². The molecule has 0 aliphatic rings. The molecule has 1 heterocycles. The van der Waals surface area contributed by atoms with E-state index in [9.17, 15) is 10.1 Å². The molecule has 0 N–H and O–H groups in total. The fraction of sp³-hybridized carbons (Fsp3) is 0. The van der Waals surface area contributed by atoms with Gasteiger partial charge in [-0.25, -0.2) is 0 Å². The van der Waals surface area contributed by atoms with Crippen molar-refractivity contribution in [1.82, 2.24) is 15.0 Å². The van der Waals surface area contributed by atoms with Crippen LogP contribution in [0.5, 0.6) is 0 Å². The topological polar surface area (TPSA) is 81.8 Å². The predicted molar refractivity (Wildman–Crippen MR) is 36.5 cm³/mol. The summed E-state index contributed by atoms with van der Waals surface area (Å²) in [4.78, 5) is 18.9. The monoisotopic (exact) mass is 194 g/mol. The zero-order valence-corrected chi connectivity index (χ0v) is 6.37. The maximum absolute atomic E-state index is 10.0. The van der Waals surface area contributed by atoms with E-state index in [1.54, 1.807) is 0 Å². The molecule has 11 heavy (non-hydrogen) atoms. The van der Waals surface area contributed by atoms with Crippen molar-refractivity contribution in [3.63, 3.8) is 0 Å². The van der Waals surface area contributed by atoms with Gasteiger partial charge in [0.1, 0.15) is 0 Å². The average Bonchev–Trinajstić information content (AvgIpc) is 1.85. The molecule has 0 fully saturated rings. The Balaban J connectivity index is 3.19. The molecule has 0 radical (unpaired) electrons. The Hall–Kier alpha value is -1.01. The van der Waals surface area contributed by atoms with Gasteiger partial charge in [0.15, 0.2) is 0 Å². The first-order valence-electron chi connectivity index (χ1n) is 2.31. The molecule has 0 atom stereocenters. The van der Waals surface area contributed by atoms with Crippen LogP contribution in [0.1, 0.15) is 0 Å². The molecule has 0 aliphatic heterocycles. The van der Waals surface area contributed by atoms with E-state index in [2.05, 4.69) is 15.0 Å². The second-order valence-electron chi connectivity index (χ2n) is 1.43. The first-order valence-corrected chi connectivity index (χ1v) is 3.06. The van der Waals surface area contributed by atoms with Crippen LogP contribution in [0.15, 0.2) is 0 Å². The highest BCUT2D eigenvalue weighted by Crippen LogP contribution is 2.10. The summed E-state index contributed by atoms with van der Waals surface area (Å²) in [6, 6.07) is 0. The fourth-order valence-corrected chi connectivity index (χ4v) is 0.752. The van der Waals surface area contributed by atoms with Gasteiger partial charge in [-0.2, -0.15) is 4.98 Å². The summed E-state index contributed by atoms with van der Waals surface area (Å²) in [5.74, 6) is -0.657. The van der Waals surface area contributed by atoms with E-state index in [0.717, 1.165) is 0 Å². The highest BCUT2D eigenvalue weighted by molar-refractivity contribution is 6.31. The number of hydrogen-bond donors (Lipinski definition) is 0. The number of nitro groups is 1. The first-order chi connectivity index (χ1) is 5.09. The van der Waals surface area contributed by atoms with Gasteiger partial charge in [-0.05, 0) is 38.1 Å². The lowest BCUT2D eigenvalue weighted by molar-refractivity contribution is -0.394. The number of halogens is 2. The van der Waals surface area contributed by atoms with Crippen LogP contribution in [0.25, 0.3) is 0 Å². The van der Waals surface area contributed by atoms with Crippen molar-refractivity contribution in [2.45, 2.75) is 0 Å². The lowest BCUT2D eigenvalue weighted by Gasteiger charge is -1.89. The van der Waals surface area contributed by atoms with Gasteiger partial charge in [0.25, 0.3) is 0 Å². The quantitative estimate of drug-likeness (QED) is 0.494. The fourth-order valence-electron chi connectivity index (χ4n) is 0.398. The van der Waals surface area contributed by atoms with Crippen molar-refractivity contribution >= 4 is 29.2 Å². The van der Waals surface area contributed by atoms with Crippen LogP contribution in [0.2, 0.25) is 10.6 Å². The summed E-state index contributed by atoms with van der Waals surface area (Å²) < 4.78 is 0. The SMILES string of the molecule is O=[N+]([O-])c1nc(Cl)nc(Cl)n1. The third kappa shape index (κ3) is 1.95. The van der Waals surface area contributed by atoms with Crippen LogP contribution in [0, 0.1) is 10.1 Å². The Morgan fingerprint density at radius 3 is 2.00 bits per heavy atom. The Bertz CT molecular complexity index is 283. The van der Waals surface area contributed by atoms with E-state index in [0.29, 0.717) is 0 Å². The molecule has 0 aliphatic carbocycles. The van der Waals surface area contributed by atoms with Crippen molar-refractivity contribution in [3.05, 3.63) is 20.7 Å². The van der Waals surface area contributed by atoms with Crippen LogP contribution in [0.3, 0.4) is 0 Å². The number of nitrogens with zero attached hydrogens (tertiary/aromatic N) is 4. The van der Waals surface area contributed by atoms with Gasteiger partial charge >= 0.3 is 16.5 Å². The molecule has 0 spiro atoms. The standard InChI is InChI=1S/C3Cl2N4O2/c4-1-6-2(5)8-3(7-1)9(10)11. The highest BCUT2D eigenvalue weighted by atomic mass is 35.5. The summed E-state index contributed by atoms with van der Waals surface area (Å²) in [5.41, 5.74) is 0. The van der Waals surface area contributed by atoms with Gasteiger partial charge in [0.05, 0.1) is 0 Å². The summed E-state index contributed by atoms with van der Waals surface area (Å²) >= 11 is 10.5. The Labute approximate surface area is 70.3 Å². The molecule has 1 aromatic heterocycles. The van der Waals surface area contributed by atoms with Crippen molar-refractivity contribution in [3.8, 4) is 0 Å². The Morgan fingerprint density at radius 1 is 1.18 bits per heavy atom. The number of hydrogen-bond acceptors (Lipinski definition) is 5. The predicted octanol–water partition coefficient (Wildman–Crippen LogP) is 1.09. The largest absolute Gasteiger partial charge is 0.474 e. The summed E-state index contributed by atoms with van der Waals surface area (Å²) in [7, 11) is 0. The molecule has 6 nitrogen and oxygen atoms in total. The molecule has 58 valence electrons. The van der Waals surface area contributed by atoms with E-state index in [4.69, 9.17) is 23.2 Å². The van der Waals surface area contributed by atoms with Crippen molar-refractivity contribution in [2.75, 3.05) is 0 Å². The van der Waals surface area contributed by atoms with E-state index in [1.165, 1.54) is 0 Å². The molecule has 0 bridgehead atoms. The van der Waals surface area contributed by atoms with Gasteiger partial charge in [-0.3, -0.25) is 0 Å². The van der Waals surface area contributed by atoms with E-state index in [-0.39, 0.29) is 10.6 Å². The van der Waals surface area contributed by atoms with Crippen LogP contribution in [-0.2, 0) is 0 Å². The molecule has 0 aromatic carbocycles. The third-order valence-electron chi connectivity index (χ3n) is 0.732. The van der Waals surface area contributed by atoms with Gasteiger partial charge in [-0.1, -0.05) is 0 Å². The van der Waals surface area contributed by atoms with Gasteiger partial charge in [-0.15, -0.1) is 0 Å². The molecule has 8 heteroatoms. The van der Waals surface area contributed by atoms with Crippen LogP contribution in [-0.4, -0.2) is 19.9 Å². The second kappa shape index (κ2) is 2.93. The van der Waals surface area contributed by atoms with Gasteiger partial charge < -0.3 is 10.1 Å². The molecule has 0 unspecified atom stereocenters. The normalized spacial score (nSPS) is 9.64. The van der Waals surface area contributed by atoms with Gasteiger partial charge in [0, 0.05) is 0 Å². The van der Waals surface area contributed by atoms with Crippen molar-refractivity contribution < 1.29 is 4.92 Å². The van der Waals surface area contributed by atoms with E-state index < -0.39 is 10.9 Å². The first kappa shape index (κ1) is 8.09. The van der Waals surface area contributed by atoms with Crippen LogP contribution >= 0.6 is 23.2 Å². The average molecular weight is 195 g/mol. The minimum absolute atomic E-state index is 0.295. The molecular formula is C3Cl2N4O2. The lowest BCUT2D eigenvalue weighted by atomic mass is 11.0. The molecule has 1 rings (SSSR count). The summed E-state index contributed by atoms with van der Waals surface area (Å²) in [5, 5.41) is 9.45. The number of aromatic nitrogens is 3. The molecule has 0 saturated heterocycles. The zero-order chi connectivity index (χ0) is 8.43. The summed E-state index contributed by atoms with van der Waals surface area (Å²) in [6.07, 6.45) is 0. The molecular weight excluding hydrogens is 195 g/mol. The Morgan fingerprint density at radius 2 is 1.64 bits per heavy atom. The summed E-state index contributed by atoms with van der Waals surface area (Å²) in [6.45, 7) is 0. The second-order valence-corrected chi connectivity index (χ2v) is 2.11. The third-order valence-corrected chi connectivity index (χ3v) is 1.07. The minimum Gasteiger partial charge on any atom is -0.390 e. The van der Waals surface area contributed by atoms with E-state index >= 15 is 0 Å². The maximum Gasteiger partial charge on any atom is 0.474 e. The maximum atomic E-state index is 10.0. The minimum atomic E-state index is -0.806. The Kier molecular flexibility index (Phi) is 2.16. The van der Waals surface area contributed by atoms with Crippen molar-refractivity contribution in [2.24, 2.45) is 0 Å².